The molecule has 6 nitrogen and oxygen atoms in total. The van der Waals surface area contributed by atoms with Crippen molar-refractivity contribution >= 4 is 29.2 Å². The predicted octanol–water partition coefficient (Wildman–Crippen LogP) is -1.27. The molecular weight excluding hydrogens is 284 g/mol. The summed E-state index contributed by atoms with van der Waals surface area (Å²) in [6, 6.07) is 5.61. The summed E-state index contributed by atoms with van der Waals surface area (Å²) in [5.74, 6) is -1.73. The van der Waals surface area contributed by atoms with Crippen LogP contribution in [-0.2, 0) is 9.59 Å². The van der Waals surface area contributed by atoms with Crippen molar-refractivity contribution in [1.82, 2.24) is 0 Å². The number of carbonyl (C=O) groups excluding carboxylic acids is 2. The Kier molecular flexibility index (Phi) is 7.00. The Morgan fingerprint density at radius 2 is 2.20 bits per heavy atom. The number of halogens is 1. The lowest BCUT2D eigenvalue weighted by atomic mass is 10.2. The van der Waals surface area contributed by atoms with Gasteiger partial charge in [-0.2, -0.15) is 0 Å². The fraction of sp³-hybridized carbons (Fsp3) is 0.385. The van der Waals surface area contributed by atoms with Crippen LogP contribution in [0.4, 0.5) is 5.69 Å². The van der Waals surface area contributed by atoms with Crippen molar-refractivity contribution in [2.24, 2.45) is 0 Å². The molecule has 1 amide bonds. The van der Waals surface area contributed by atoms with Crippen LogP contribution >= 0.6 is 11.6 Å². The maximum Gasteiger partial charge on any atom is 0.230 e. The lowest BCUT2D eigenvalue weighted by molar-refractivity contribution is -0.682. The molecule has 0 bridgehead atoms. The van der Waals surface area contributed by atoms with Gasteiger partial charge in [-0.15, -0.1) is 0 Å². The van der Waals surface area contributed by atoms with Gasteiger partial charge in [-0.25, -0.2) is 0 Å². The third-order valence-electron chi connectivity index (χ3n) is 2.63. The zero-order valence-corrected chi connectivity index (χ0v) is 11.6. The number of nitrogens with one attached hydrogen (secondary N) is 1. The molecule has 1 rings (SSSR count). The number of anilines is 1. The molecule has 0 aliphatic heterocycles. The number of carboxylic acid groups (broad SMARTS) is 1. The molecule has 0 aliphatic carbocycles. The molecular formula is C13H17ClN2O4. The Bertz CT molecular complexity index is 467. The topological polar surface area (TPSA) is 106 Å². The molecule has 0 unspecified atom stereocenters. The first-order valence-corrected chi connectivity index (χ1v) is 6.61. The fourth-order valence-corrected chi connectivity index (χ4v) is 1.84. The molecule has 0 spiro atoms. The number of benzene rings is 1. The van der Waals surface area contributed by atoms with Gasteiger partial charge in [0.1, 0.15) is 6.04 Å². The Morgan fingerprint density at radius 1 is 1.45 bits per heavy atom. The van der Waals surface area contributed by atoms with Gasteiger partial charge in [-0.1, -0.05) is 17.7 Å². The van der Waals surface area contributed by atoms with Crippen molar-refractivity contribution in [2.75, 3.05) is 18.5 Å². The number of aliphatic carboxylic acids is 1. The number of carbonyl (C=O) groups is 2. The van der Waals surface area contributed by atoms with E-state index in [2.05, 4.69) is 5.32 Å². The largest absolute Gasteiger partial charge is 0.544 e. The first kappa shape index (κ1) is 16.4. The van der Waals surface area contributed by atoms with Gasteiger partial charge >= 0.3 is 0 Å². The molecule has 110 valence electrons. The van der Waals surface area contributed by atoms with Gasteiger partial charge in [0.25, 0.3) is 0 Å². The molecule has 0 saturated carbocycles. The lowest BCUT2D eigenvalue weighted by Crippen LogP contribution is -2.93. The second-order valence-corrected chi connectivity index (χ2v) is 4.73. The third-order valence-corrected chi connectivity index (χ3v) is 2.86. The highest BCUT2D eigenvalue weighted by atomic mass is 35.5. The van der Waals surface area contributed by atoms with Crippen molar-refractivity contribution in [2.45, 2.75) is 18.9 Å². The molecule has 0 heterocycles. The van der Waals surface area contributed by atoms with E-state index in [9.17, 15) is 14.7 Å². The van der Waals surface area contributed by atoms with Gasteiger partial charge in [0, 0.05) is 23.7 Å². The highest BCUT2D eigenvalue weighted by Gasteiger charge is 2.18. The number of quaternary nitrogens is 1. The third kappa shape index (κ3) is 6.01. The maximum absolute atomic E-state index is 11.8. The van der Waals surface area contributed by atoms with Crippen LogP contribution in [0.3, 0.4) is 0 Å². The van der Waals surface area contributed by atoms with Crippen LogP contribution in [0.1, 0.15) is 12.8 Å². The summed E-state index contributed by atoms with van der Waals surface area (Å²) in [6.07, 6.45) is 0.250. The summed E-state index contributed by atoms with van der Waals surface area (Å²) >= 11 is 5.78. The van der Waals surface area contributed by atoms with Crippen LogP contribution in [0.2, 0.25) is 5.02 Å². The van der Waals surface area contributed by atoms with E-state index in [-0.39, 0.29) is 13.0 Å². The maximum atomic E-state index is 11.8. The van der Waals surface area contributed by atoms with Gasteiger partial charge in [0.2, 0.25) is 5.91 Å². The second kappa shape index (κ2) is 8.52. The molecule has 4 N–H and O–H groups in total. The first-order chi connectivity index (χ1) is 9.52. The average molecular weight is 301 g/mol. The highest BCUT2D eigenvalue weighted by molar-refractivity contribution is 6.30. The number of aliphatic hydroxyl groups is 1. The Balaban J connectivity index is 2.51. The molecule has 0 saturated heterocycles. The van der Waals surface area contributed by atoms with Crippen molar-refractivity contribution < 1.29 is 25.1 Å². The summed E-state index contributed by atoms with van der Waals surface area (Å²) < 4.78 is 0. The van der Waals surface area contributed by atoms with Crippen LogP contribution in [0.25, 0.3) is 0 Å². The minimum absolute atomic E-state index is 0.0228. The molecule has 1 aromatic rings. The van der Waals surface area contributed by atoms with Crippen molar-refractivity contribution in [3.05, 3.63) is 29.3 Å². The van der Waals surface area contributed by atoms with Crippen LogP contribution in [-0.4, -0.2) is 36.2 Å². The zero-order chi connectivity index (χ0) is 15.0. The standard InChI is InChI=1S/C13H17ClN2O4/c14-9-3-1-4-10(7-9)16-12(18)8-11(13(19)20)15-5-2-6-17/h1,3-4,7,11,15,17H,2,5-6,8H2,(H,16,18)(H,19,20)/t11-/m1/s1. The Labute approximate surface area is 121 Å². The van der Waals surface area contributed by atoms with Crippen molar-refractivity contribution in [1.29, 1.82) is 0 Å². The number of carboxylic acids is 1. The number of nitrogens with two attached hydrogens (primary N) is 1. The summed E-state index contributed by atoms with van der Waals surface area (Å²) in [5.41, 5.74) is 0.509. The molecule has 0 aliphatic rings. The summed E-state index contributed by atoms with van der Waals surface area (Å²) in [7, 11) is 0. The van der Waals surface area contributed by atoms with Gasteiger partial charge in [-0.3, -0.25) is 4.79 Å². The summed E-state index contributed by atoms with van der Waals surface area (Å²) in [6.45, 7) is 0.393. The molecule has 0 fully saturated rings. The number of hydrogen-bond acceptors (Lipinski definition) is 4. The van der Waals surface area contributed by atoms with E-state index < -0.39 is 17.9 Å². The predicted molar refractivity (Wildman–Crippen MR) is 72.0 cm³/mol. The molecule has 20 heavy (non-hydrogen) atoms. The smallest absolute Gasteiger partial charge is 0.230 e. The number of aliphatic hydroxyl groups excluding tert-OH is 1. The molecule has 0 radical (unpaired) electrons. The van der Waals surface area contributed by atoms with E-state index in [1.807, 2.05) is 0 Å². The van der Waals surface area contributed by atoms with E-state index in [0.29, 0.717) is 23.7 Å². The quantitative estimate of drug-likeness (QED) is 0.521. The number of rotatable bonds is 8. The van der Waals surface area contributed by atoms with E-state index in [0.717, 1.165) is 0 Å². The van der Waals surface area contributed by atoms with Crippen LogP contribution in [0.5, 0.6) is 0 Å². The van der Waals surface area contributed by atoms with Gasteiger partial charge in [0.05, 0.1) is 18.9 Å². The van der Waals surface area contributed by atoms with Gasteiger partial charge in [0.15, 0.2) is 0 Å². The SMILES string of the molecule is O=C(C[C@@H]([NH2+]CCCO)C(=O)[O-])Nc1cccc(Cl)c1. The second-order valence-electron chi connectivity index (χ2n) is 4.29. The van der Waals surface area contributed by atoms with E-state index >= 15 is 0 Å². The fourth-order valence-electron chi connectivity index (χ4n) is 1.65. The minimum Gasteiger partial charge on any atom is -0.544 e. The van der Waals surface area contributed by atoms with Crippen LogP contribution in [0, 0.1) is 0 Å². The molecule has 0 aromatic heterocycles. The van der Waals surface area contributed by atoms with Gasteiger partial charge < -0.3 is 25.6 Å². The zero-order valence-electron chi connectivity index (χ0n) is 10.8. The molecule has 1 atom stereocenters. The van der Waals surface area contributed by atoms with E-state index in [1.165, 1.54) is 5.32 Å². The average Bonchev–Trinajstić information content (AvgIpc) is 2.37. The van der Waals surface area contributed by atoms with Crippen molar-refractivity contribution in [3.8, 4) is 0 Å². The number of amides is 1. The first-order valence-electron chi connectivity index (χ1n) is 6.23. The lowest BCUT2D eigenvalue weighted by Gasteiger charge is -2.16. The van der Waals surface area contributed by atoms with Crippen LogP contribution < -0.4 is 15.7 Å². The summed E-state index contributed by atoms with van der Waals surface area (Å²) in [4.78, 5) is 22.7. The molecule has 1 aromatic carbocycles. The van der Waals surface area contributed by atoms with E-state index in [1.54, 1.807) is 24.3 Å². The minimum atomic E-state index is -1.30. The monoisotopic (exact) mass is 300 g/mol. The normalized spacial score (nSPS) is 11.9. The van der Waals surface area contributed by atoms with Crippen molar-refractivity contribution in [3.63, 3.8) is 0 Å². The Hall–Kier alpha value is -1.63. The highest BCUT2D eigenvalue weighted by Crippen LogP contribution is 2.14. The number of hydrogen-bond donors (Lipinski definition) is 3. The van der Waals surface area contributed by atoms with Gasteiger partial charge in [-0.05, 0) is 18.2 Å². The van der Waals surface area contributed by atoms with E-state index in [4.69, 9.17) is 16.7 Å². The van der Waals surface area contributed by atoms with Crippen LogP contribution in [0.15, 0.2) is 24.3 Å². The summed E-state index contributed by atoms with van der Waals surface area (Å²) in [5, 5.41) is 24.1. The molecule has 7 heteroatoms. The Morgan fingerprint density at radius 3 is 2.80 bits per heavy atom.